The van der Waals surface area contributed by atoms with E-state index in [4.69, 9.17) is 4.74 Å². The maximum absolute atomic E-state index is 12.8. The second-order valence-electron chi connectivity index (χ2n) is 5.25. The summed E-state index contributed by atoms with van der Waals surface area (Å²) in [5.41, 5.74) is 0.388. The van der Waals surface area contributed by atoms with Crippen LogP contribution in [0.15, 0.2) is 4.79 Å². The van der Waals surface area contributed by atoms with Gasteiger partial charge in [-0.2, -0.15) is 0 Å². The van der Waals surface area contributed by atoms with Crippen molar-refractivity contribution in [1.82, 2.24) is 9.55 Å². The quantitative estimate of drug-likeness (QED) is 0.741. The second kappa shape index (κ2) is 7.57. The monoisotopic (exact) mass is 352 g/mol. The average molecular weight is 352 g/mol. The number of fused-ring (bicyclic) bond motifs is 1. The number of thiophene rings is 1. The molecule has 2 aromatic rings. The van der Waals surface area contributed by atoms with Crippen molar-refractivity contribution in [3.63, 3.8) is 0 Å². The van der Waals surface area contributed by atoms with Crippen molar-refractivity contribution in [1.29, 1.82) is 0 Å². The van der Waals surface area contributed by atoms with E-state index in [9.17, 15) is 14.4 Å². The Labute approximate surface area is 143 Å². The zero-order valence-corrected chi connectivity index (χ0v) is 15.0. The normalized spacial score (nSPS) is 10.8. The molecule has 0 saturated carbocycles. The maximum atomic E-state index is 12.8. The predicted molar refractivity (Wildman–Crippen MR) is 90.6 cm³/mol. The number of aromatic nitrogens is 2. The first kappa shape index (κ1) is 18.1. The molecule has 0 aromatic carbocycles. The summed E-state index contributed by atoms with van der Waals surface area (Å²) in [4.78, 5) is 41.3. The molecule has 0 fully saturated rings. The van der Waals surface area contributed by atoms with Crippen LogP contribution in [0.25, 0.3) is 10.2 Å². The minimum absolute atomic E-state index is 0.202. The lowest BCUT2D eigenvalue weighted by atomic mass is 10.2. The first-order valence-corrected chi connectivity index (χ1v) is 8.46. The van der Waals surface area contributed by atoms with Gasteiger partial charge in [-0.3, -0.25) is 14.2 Å². The summed E-state index contributed by atoms with van der Waals surface area (Å²) >= 11 is 1.17. The number of ether oxygens (including phenoxy) is 2. The fourth-order valence-corrected chi connectivity index (χ4v) is 3.57. The van der Waals surface area contributed by atoms with Crippen molar-refractivity contribution in [2.24, 2.45) is 0 Å². The van der Waals surface area contributed by atoms with Crippen LogP contribution in [0.4, 0.5) is 0 Å². The molecule has 0 aliphatic rings. The van der Waals surface area contributed by atoms with Gasteiger partial charge >= 0.3 is 11.9 Å². The molecule has 0 radical (unpaired) electrons. The lowest BCUT2D eigenvalue weighted by molar-refractivity contribution is -0.140. The van der Waals surface area contributed by atoms with E-state index in [1.54, 1.807) is 20.8 Å². The van der Waals surface area contributed by atoms with E-state index in [-0.39, 0.29) is 24.6 Å². The highest BCUT2D eigenvalue weighted by Crippen LogP contribution is 2.28. The summed E-state index contributed by atoms with van der Waals surface area (Å²) in [7, 11) is 1.33. The SMILES string of the molecule is CCOC(=O)c1sc2nc(C)n(CCCC(=O)OC)c(=O)c2c1C. The van der Waals surface area contributed by atoms with Crippen LogP contribution in [0.3, 0.4) is 0 Å². The molecule has 0 bridgehead atoms. The number of carbonyl (C=O) groups is 2. The molecule has 0 amide bonds. The van der Waals surface area contributed by atoms with Crippen LogP contribution in [0.2, 0.25) is 0 Å². The van der Waals surface area contributed by atoms with Gasteiger partial charge in [0.2, 0.25) is 0 Å². The smallest absolute Gasteiger partial charge is 0.348 e. The van der Waals surface area contributed by atoms with Crippen LogP contribution < -0.4 is 5.56 Å². The molecule has 2 rings (SSSR count). The van der Waals surface area contributed by atoms with Gasteiger partial charge in [0.25, 0.3) is 5.56 Å². The number of carbonyl (C=O) groups excluding carboxylic acids is 2. The van der Waals surface area contributed by atoms with E-state index in [1.807, 2.05) is 0 Å². The lowest BCUT2D eigenvalue weighted by Crippen LogP contribution is -2.24. The molecule has 2 heterocycles. The standard InChI is InChI=1S/C16H20N2O5S/c1-5-23-16(21)13-9(2)12-14(24-13)17-10(3)18(15(12)20)8-6-7-11(19)22-4/h5-8H2,1-4H3. The number of esters is 2. The van der Waals surface area contributed by atoms with Crippen LogP contribution in [0.1, 0.15) is 40.8 Å². The fourth-order valence-electron chi connectivity index (χ4n) is 2.46. The highest BCUT2D eigenvalue weighted by atomic mass is 32.1. The summed E-state index contributed by atoms with van der Waals surface area (Å²) in [6.45, 7) is 5.83. The molecule has 130 valence electrons. The van der Waals surface area contributed by atoms with Crippen molar-refractivity contribution in [2.45, 2.75) is 40.2 Å². The van der Waals surface area contributed by atoms with Crippen molar-refractivity contribution in [3.8, 4) is 0 Å². The molecule has 0 spiro atoms. The molecule has 24 heavy (non-hydrogen) atoms. The van der Waals surface area contributed by atoms with Crippen LogP contribution in [0, 0.1) is 13.8 Å². The molecule has 8 heteroatoms. The second-order valence-corrected chi connectivity index (χ2v) is 6.25. The van der Waals surface area contributed by atoms with Crippen LogP contribution in [0.5, 0.6) is 0 Å². The van der Waals surface area contributed by atoms with Gasteiger partial charge in [0.15, 0.2) is 0 Å². The Morgan fingerprint density at radius 3 is 2.62 bits per heavy atom. The van der Waals surface area contributed by atoms with Gasteiger partial charge in [0.1, 0.15) is 15.5 Å². The van der Waals surface area contributed by atoms with Crippen molar-refractivity contribution >= 4 is 33.5 Å². The number of hydrogen-bond donors (Lipinski definition) is 0. The van der Waals surface area contributed by atoms with E-state index in [1.165, 1.54) is 23.0 Å². The van der Waals surface area contributed by atoms with Gasteiger partial charge in [-0.25, -0.2) is 9.78 Å². The Morgan fingerprint density at radius 2 is 2.00 bits per heavy atom. The third-order valence-corrected chi connectivity index (χ3v) is 4.86. The third-order valence-electron chi connectivity index (χ3n) is 3.69. The van der Waals surface area contributed by atoms with Crippen LogP contribution >= 0.6 is 11.3 Å². The Morgan fingerprint density at radius 1 is 1.29 bits per heavy atom. The van der Waals surface area contributed by atoms with Gasteiger partial charge < -0.3 is 9.47 Å². The molecular formula is C16H20N2O5S. The van der Waals surface area contributed by atoms with Gasteiger partial charge in [-0.05, 0) is 32.8 Å². The molecule has 0 unspecified atom stereocenters. The minimum Gasteiger partial charge on any atom is -0.469 e. The van der Waals surface area contributed by atoms with Crippen LogP contribution in [-0.2, 0) is 20.8 Å². The number of aryl methyl sites for hydroxylation is 2. The van der Waals surface area contributed by atoms with E-state index in [0.717, 1.165) is 0 Å². The maximum Gasteiger partial charge on any atom is 0.348 e. The van der Waals surface area contributed by atoms with Gasteiger partial charge in [-0.15, -0.1) is 11.3 Å². The number of hydrogen-bond acceptors (Lipinski definition) is 7. The third kappa shape index (κ3) is 3.48. The van der Waals surface area contributed by atoms with Crippen molar-refractivity contribution < 1.29 is 19.1 Å². The first-order valence-electron chi connectivity index (χ1n) is 7.65. The lowest BCUT2D eigenvalue weighted by Gasteiger charge is -2.09. The summed E-state index contributed by atoms with van der Waals surface area (Å²) in [6.07, 6.45) is 0.714. The Balaban J connectivity index is 2.41. The van der Waals surface area contributed by atoms with Crippen molar-refractivity contribution in [2.75, 3.05) is 13.7 Å². The first-order chi connectivity index (χ1) is 11.4. The highest BCUT2D eigenvalue weighted by molar-refractivity contribution is 7.20. The van der Waals surface area contributed by atoms with Gasteiger partial charge in [0.05, 0.1) is 19.1 Å². The molecule has 0 saturated heterocycles. The summed E-state index contributed by atoms with van der Waals surface area (Å²) in [5, 5.41) is 0.437. The fraction of sp³-hybridized carbons (Fsp3) is 0.500. The van der Waals surface area contributed by atoms with E-state index in [2.05, 4.69) is 9.72 Å². The van der Waals surface area contributed by atoms with E-state index in [0.29, 0.717) is 39.4 Å². The minimum atomic E-state index is -0.438. The summed E-state index contributed by atoms with van der Waals surface area (Å²) in [6, 6.07) is 0. The number of rotatable bonds is 6. The molecule has 7 nitrogen and oxygen atoms in total. The topological polar surface area (TPSA) is 87.5 Å². The number of nitrogens with zero attached hydrogens (tertiary/aromatic N) is 2. The zero-order chi connectivity index (χ0) is 17.9. The molecular weight excluding hydrogens is 332 g/mol. The largest absolute Gasteiger partial charge is 0.469 e. The van der Waals surface area contributed by atoms with E-state index < -0.39 is 5.97 Å². The molecule has 0 aliphatic heterocycles. The van der Waals surface area contributed by atoms with Gasteiger partial charge in [0, 0.05) is 13.0 Å². The van der Waals surface area contributed by atoms with Crippen LogP contribution in [-0.4, -0.2) is 35.2 Å². The highest BCUT2D eigenvalue weighted by Gasteiger charge is 2.21. The molecule has 0 atom stereocenters. The van der Waals surface area contributed by atoms with E-state index >= 15 is 0 Å². The summed E-state index contributed by atoms with van der Waals surface area (Å²) < 4.78 is 11.2. The number of methoxy groups -OCH3 is 1. The average Bonchev–Trinajstić information content (AvgIpc) is 2.87. The molecule has 2 aromatic heterocycles. The van der Waals surface area contributed by atoms with Gasteiger partial charge in [-0.1, -0.05) is 0 Å². The molecule has 0 N–H and O–H groups in total. The predicted octanol–water partition coefficient (Wildman–Crippen LogP) is 2.20. The zero-order valence-electron chi connectivity index (χ0n) is 14.2. The molecule has 0 aliphatic carbocycles. The Kier molecular flexibility index (Phi) is 5.71. The Bertz CT molecular complexity index is 837. The van der Waals surface area contributed by atoms with Crippen molar-refractivity contribution in [3.05, 3.63) is 26.6 Å². The summed E-state index contributed by atoms with van der Waals surface area (Å²) in [5.74, 6) is -0.202. The Hall–Kier alpha value is -2.22.